The van der Waals surface area contributed by atoms with Crippen LogP contribution in [-0.4, -0.2) is 81.4 Å². The standard InChI is InChI=1S/C21H25ClFN3O4S/c1-24(14-15-30-18-8-6-17(22)7-9-18)16-21(27)25-10-12-26(13-11-25)31(28,29)20-5-3-2-4-19(20)23/h2-9H,10-16H2,1H3. The average molecular weight is 470 g/mol. The van der Waals surface area contributed by atoms with Crippen LogP contribution in [0.1, 0.15) is 0 Å². The number of benzene rings is 2. The summed E-state index contributed by atoms with van der Waals surface area (Å²) in [4.78, 5) is 15.7. The normalized spacial score (nSPS) is 15.3. The van der Waals surface area contributed by atoms with E-state index < -0.39 is 15.8 Å². The zero-order chi connectivity index (χ0) is 22.4. The second kappa shape index (κ2) is 10.4. The number of nitrogens with zero attached hydrogens (tertiary/aromatic N) is 3. The van der Waals surface area contributed by atoms with E-state index in [-0.39, 0.29) is 43.5 Å². The van der Waals surface area contributed by atoms with Crippen molar-refractivity contribution in [1.82, 2.24) is 14.1 Å². The Balaban J connectivity index is 1.44. The summed E-state index contributed by atoms with van der Waals surface area (Å²) in [5.74, 6) is -0.156. The molecule has 0 atom stereocenters. The summed E-state index contributed by atoms with van der Waals surface area (Å²) in [5.41, 5.74) is 0. The lowest BCUT2D eigenvalue weighted by Gasteiger charge is -2.34. The Morgan fingerprint density at radius 1 is 1.10 bits per heavy atom. The predicted octanol–water partition coefficient (Wildman–Crippen LogP) is 2.32. The van der Waals surface area contributed by atoms with Crippen molar-refractivity contribution in [2.45, 2.75) is 4.90 Å². The first kappa shape index (κ1) is 23.5. The molecule has 0 radical (unpaired) electrons. The van der Waals surface area contributed by atoms with Gasteiger partial charge in [0.2, 0.25) is 15.9 Å². The summed E-state index contributed by atoms with van der Waals surface area (Å²) in [5, 5.41) is 0.636. The number of carbonyl (C=O) groups is 1. The first-order valence-electron chi connectivity index (χ1n) is 9.87. The summed E-state index contributed by atoms with van der Waals surface area (Å²) in [6, 6.07) is 12.4. The van der Waals surface area contributed by atoms with Gasteiger partial charge in [-0.25, -0.2) is 12.8 Å². The maximum absolute atomic E-state index is 13.9. The Hall–Kier alpha value is -2.20. The highest BCUT2D eigenvalue weighted by Crippen LogP contribution is 2.20. The highest BCUT2D eigenvalue weighted by molar-refractivity contribution is 7.89. The molecular formula is C21H25ClFN3O4S. The Kier molecular flexibility index (Phi) is 7.88. The fourth-order valence-corrected chi connectivity index (χ4v) is 4.84. The van der Waals surface area contributed by atoms with Gasteiger partial charge < -0.3 is 9.64 Å². The maximum Gasteiger partial charge on any atom is 0.246 e. The lowest BCUT2D eigenvalue weighted by atomic mass is 10.3. The minimum Gasteiger partial charge on any atom is -0.492 e. The van der Waals surface area contributed by atoms with E-state index in [0.717, 1.165) is 6.07 Å². The second-order valence-electron chi connectivity index (χ2n) is 7.26. The number of carbonyl (C=O) groups excluding carboxylic acids is 1. The van der Waals surface area contributed by atoms with Crippen molar-refractivity contribution in [1.29, 1.82) is 0 Å². The Labute approximate surface area is 187 Å². The summed E-state index contributed by atoms with van der Waals surface area (Å²) in [6.07, 6.45) is 0. The molecule has 1 aliphatic heterocycles. The van der Waals surface area contributed by atoms with Crippen LogP contribution in [0, 0.1) is 5.82 Å². The molecule has 10 heteroatoms. The third-order valence-electron chi connectivity index (χ3n) is 5.01. The number of sulfonamides is 1. The number of likely N-dealkylation sites (N-methyl/N-ethyl adjacent to an activating group) is 1. The van der Waals surface area contributed by atoms with E-state index in [2.05, 4.69) is 0 Å². The van der Waals surface area contributed by atoms with Crippen LogP contribution in [-0.2, 0) is 14.8 Å². The van der Waals surface area contributed by atoms with Gasteiger partial charge in [-0.05, 0) is 43.4 Å². The second-order valence-corrected chi connectivity index (χ2v) is 9.60. The van der Waals surface area contributed by atoms with E-state index in [9.17, 15) is 17.6 Å². The van der Waals surface area contributed by atoms with Crippen molar-refractivity contribution in [2.75, 3.05) is 52.9 Å². The van der Waals surface area contributed by atoms with Gasteiger partial charge in [-0.2, -0.15) is 4.31 Å². The molecule has 2 aromatic rings. The Morgan fingerprint density at radius 3 is 2.39 bits per heavy atom. The Bertz CT molecular complexity index is 996. The molecule has 1 heterocycles. The lowest BCUT2D eigenvalue weighted by Crippen LogP contribution is -2.52. The molecule has 1 fully saturated rings. The van der Waals surface area contributed by atoms with E-state index in [4.69, 9.17) is 16.3 Å². The number of hydrogen-bond acceptors (Lipinski definition) is 5. The molecule has 1 saturated heterocycles. The van der Waals surface area contributed by atoms with Crippen molar-refractivity contribution >= 4 is 27.5 Å². The SMILES string of the molecule is CN(CCOc1ccc(Cl)cc1)CC(=O)N1CCN(S(=O)(=O)c2ccccc2F)CC1. The maximum atomic E-state index is 13.9. The summed E-state index contributed by atoms with van der Waals surface area (Å²) >= 11 is 5.84. The quantitative estimate of drug-likeness (QED) is 0.593. The molecule has 0 spiro atoms. The smallest absolute Gasteiger partial charge is 0.246 e. The molecule has 168 valence electrons. The Morgan fingerprint density at radius 2 is 1.74 bits per heavy atom. The van der Waals surface area contributed by atoms with Crippen LogP contribution >= 0.6 is 11.6 Å². The minimum absolute atomic E-state index is 0.0862. The zero-order valence-corrected chi connectivity index (χ0v) is 18.8. The van der Waals surface area contributed by atoms with E-state index in [1.165, 1.54) is 22.5 Å². The van der Waals surface area contributed by atoms with Gasteiger partial charge in [0.15, 0.2) is 0 Å². The van der Waals surface area contributed by atoms with E-state index in [1.807, 2.05) is 11.9 Å². The molecule has 1 aliphatic rings. The molecular weight excluding hydrogens is 445 g/mol. The van der Waals surface area contributed by atoms with Crippen LogP contribution in [0.3, 0.4) is 0 Å². The number of piperazine rings is 1. The van der Waals surface area contributed by atoms with Gasteiger partial charge in [0.1, 0.15) is 23.1 Å². The van der Waals surface area contributed by atoms with E-state index in [0.29, 0.717) is 23.9 Å². The number of rotatable bonds is 8. The molecule has 0 N–H and O–H groups in total. The van der Waals surface area contributed by atoms with Crippen LogP contribution < -0.4 is 4.74 Å². The fourth-order valence-electron chi connectivity index (χ4n) is 3.23. The summed E-state index contributed by atoms with van der Waals surface area (Å²) in [6.45, 7) is 1.96. The topological polar surface area (TPSA) is 70.2 Å². The van der Waals surface area contributed by atoms with Crippen LogP contribution in [0.15, 0.2) is 53.4 Å². The molecule has 7 nitrogen and oxygen atoms in total. The lowest BCUT2D eigenvalue weighted by molar-refractivity contribution is -0.133. The molecule has 3 rings (SSSR count). The fraction of sp³-hybridized carbons (Fsp3) is 0.381. The third-order valence-corrected chi connectivity index (χ3v) is 7.19. The van der Waals surface area contributed by atoms with Gasteiger partial charge >= 0.3 is 0 Å². The predicted molar refractivity (Wildman–Crippen MR) is 116 cm³/mol. The molecule has 0 unspecified atom stereocenters. The molecule has 0 aliphatic carbocycles. The highest BCUT2D eigenvalue weighted by atomic mass is 35.5. The molecule has 0 aromatic heterocycles. The molecule has 0 bridgehead atoms. The van der Waals surface area contributed by atoms with Gasteiger partial charge in [-0.3, -0.25) is 9.69 Å². The number of amides is 1. The molecule has 2 aromatic carbocycles. The van der Waals surface area contributed by atoms with Crippen molar-refractivity contribution in [2.24, 2.45) is 0 Å². The number of halogens is 2. The van der Waals surface area contributed by atoms with E-state index >= 15 is 0 Å². The molecule has 31 heavy (non-hydrogen) atoms. The van der Waals surface area contributed by atoms with Crippen LogP contribution in [0.25, 0.3) is 0 Å². The van der Waals surface area contributed by atoms with Crippen molar-refractivity contribution in [3.05, 3.63) is 59.4 Å². The van der Waals surface area contributed by atoms with Gasteiger partial charge in [-0.1, -0.05) is 23.7 Å². The average Bonchev–Trinajstić information content (AvgIpc) is 2.75. The largest absolute Gasteiger partial charge is 0.492 e. The number of ether oxygens (including phenoxy) is 1. The van der Waals surface area contributed by atoms with E-state index in [1.54, 1.807) is 29.2 Å². The third kappa shape index (κ3) is 6.16. The molecule has 1 amide bonds. The van der Waals surface area contributed by atoms with Crippen LogP contribution in [0.2, 0.25) is 5.02 Å². The molecule has 0 saturated carbocycles. The van der Waals surface area contributed by atoms with Gasteiger partial charge in [0.05, 0.1) is 6.54 Å². The van der Waals surface area contributed by atoms with Crippen molar-refractivity contribution in [3.8, 4) is 5.75 Å². The van der Waals surface area contributed by atoms with Gasteiger partial charge in [-0.15, -0.1) is 0 Å². The summed E-state index contributed by atoms with van der Waals surface area (Å²) < 4.78 is 46.1. The van der Waals surface area contributed by atoms with Gasteiger partial charge in [0.25, 0.3) is 0 Å². The van der Waals surface area contributed by atoms with Crippen molar-refractivity contribution in [3.63, 3.8) is 0 Å². The monoisotopic (exact) mass is 469 g/mol. The number of hydrogen-bond donors (Lipinski definition) is 0. The van der Waals surface area contributed by atoms with Crippen molar-refractivity contribution < 1.29 is 22.3 Å². The van der Waals surface area contributed by atoms with Gasteiger partial charge in [0, 0.05) is 37.7 Å². The van der Waals surface area contributed by atoms with Crippen LogP contribution in [0.5, 0.6) is 5.75 Å². The first-order chi connectivity index (χ1) is 14.8. The highest BCUT2D eigenvalue weighted by Gasteiger charge is 2.31. The first-order valence-corrected chi connectivity index (χ1v) is 11.7. The van der Waals surface area contributed by atoms with Crippen LogP contribution in [0.4, 0.5) is 4.39 Å². The zero-order valence-electron chi connectivity index (χ0n) is 17.2. The summed E-state index contributed by atoms with van der Waals surface area (Å²) in [7, 11) is -2.10. The minimum atomic E-state index is -3.92.